The van der Waals surface area contributed by atoms with Crippen molar-refractivity contribution in [3.05, 3.63) is 17.3 Å². The van der Waals surface area contributed by atoms with Crippen molar-refractivity contribution in [1.29, 1.82) is 0 Å². The normalized spacial score (nSPS) is 16.2. The van der Waals surface area contributed by atoms with Crippen molar-refractivity contribution in [2.24, 2.45) is 5.73 Å². The Labute approximate surface area is 68.5 Å². The lowest BCUT2D eigenvalue weighted by Gasteiger charge is -2.06. The van der Waals surface area contributed by atoms with Crippen LogP contribution in [0.1, 0.15) is 22.1 Å². The Balaban J connectivity index is 2.43. The molecule has 2 N–H and O–H groups in total. The topological polar surface area (TPSA) is 78.3 Å². The first-order valence-corrected chi connectivity index (χ1v) is 3.61. The fourth-order valence-electron chi connectivity index (χ4n) is 1.11. The lowest BCUT2D eigenvalue weighted by Crippen LogP contribution is -2.17. The van der Waals surface area contributed by atoms with E-state index in [0.717, 1.165) is 0 Å². The van der Waals surface area contributed by atoms with Gasteiger partial charge in [-0.05, 0) is 0 Å². The molecule has 0 saturated carbocycles. The van der Waals surface area contributed by atoms with Crippen molar-refractivity contribution in [2.45, 2.75) is 13.2 Å². The van der Waals surface area contributed by atoms with Crippen LogP contribution in [-0.4, -0.2) is 17.4 Å². The first-order chi connectivity index (χ1) is 5.81. The number of oxazole rings is 1. The average molecular weight is 168 g/mol. The highest BCUT2D eigenvalue weighted by molar-refractivity contribution is 5.96. The molecule has 0 spiro atoms. The number of rotatable bonds is 1. The second-order valence-electron chi connectivity index (χ2n) is 2.50. The van der Waals surface area contributed by atoms with Gasteiger partial charge in [0.05, 0.1) is 6.54 Å². The van der Waals surface area contributed by atoms with Gasteiger partial charge in [0.15, 0.2) is 11.5 Å². The molecule has 2 rings (SSSR count). The van der Waals surface area contributed by atoms with Crippen molar-refractivity contribution in [3.8, 4) is 0 Å². The average Bonchev–Trinajstić information content (AvgIpc) is 2.49. The summed E-state index contributed by atoms with van der Waals surface area (Å²) in [6, 6.07) is 0. The van der Waals surface area contributed by atoms with Crippen LogP contribution in [0.2, 0.25) is 0 Å². The minimum absolute atomic E-state index is 0.0868. The third-order valence-electron chi connectivity index (χ3n) is 1.65. The Morgan fingerprint density at radius 1 is 1.50 bits per heavy atom. The fraction of sp³-hybridized carbons (Fsp3) is 0.429. The summed E-state index contributed by atoms with van der Waals surface area (Å²) >= 11 is 0. The monoisotopic (exact) mass is 168 g/mol. The minimum atomic E-state index is -0.139. The highest BCUT2D eigenvalue weighted by Gasteiger charge is 2.23. The molecule has 1 aromatic heterocycles. The van der Waals surface area contributed by atoms with Crippen LogP contribution in [0.3, 0.4) is 0 Å². The molecular weight excluding hydrogens is 160 g/mol. The number of nitrogens with zero attached hydrogens (tertiary/aromatic N) is 1. The molecule has 0 aromatic carbocycles. The quantitative estimate of drug-likeness (QED) is 0.630. The van der Waals surface area contributed by atoms with Crippen LogP contribution in [0, 0.1) is 0 Å². The minimum Gasteiger partial charge on any atom is -0.441 e. The van der Waals surface area contributed by atoms with Crippen LogP contribution >= 0.6 is 0 Å². The second kappa shape index (κ2) is 2.69. The lowest BCUT2D eigenvalue weighted by atomic mass is 10.2. The zero-order valence-electron chi connectivity index (χ0n) is 6.37. The summed E-state index contributed by atoms with van der Waals surface area (Å²) in [7, 11) is 0. The molecule has 12 heavy (non-hydrogen) atoms. The maximum atomic E-state index is 11.1. The van der Waals surface area contributed by atoms with Crippen LogP contribution in [0.25, 0.3) is 0 Å². The third-order valence-corrected chi connectivity index (χ3v) is 1.65. The van der Waals surface area contributed by atoms with Crippen molar-refractivity contribution in [3.63, 3.8) is 0 Å². The Morgan fingerprint density at radius 3 is 3.00 bits per heavy atom. The number of carbonyl (C=O) groups is 1. The molecule has 0 bridgehead atoms. The van der Waals surface area contributed by atoms with E-state index in [-0.39, 0.29) is 18.9 Å². The first-order valence-electron chi connectivity index (χ1n) is 3.61. The molecule has 1 aliphatic rings. The SMILES string of the molecule is NCc1nc2c(o1)COCC2=O. The zero-order chi connectivity index (χ0) is 8.55. The Bertz CT molecular complexity index is 318. The van der Waals surface area contributed by atoms with Crippen LogP contribution < -0.4 is 5.73 Å². The van der Waals surface area contributed by atoms with Gasteiger partial charge >= 0.3 is 0 Å². The predicted octanol–water partition coefficient (Wildman–Crippen LogP) is -0.154. The fourth-order valence-corrected chi connectivity index (χ4v) is 1.11. The number of hydrogen-bond donors (Lipinski definition) is 1. The summed E-state index contributed by atoms with van der Waals surface area (Å²) in [6.07, 6.45) is 0. The molecule has 5 nitrogen and oxygen atoms in total. The molecule has 0 radical (unpaired) electrons. The van der Waals surface area contributed by atoms with E-state index in [9.17, 15) is 4.79 Å². The van der Waals surface area contributed by atoms with Crippen LogP contribution in [0.4, 0.5) is 0 Å². The van der Waals surface area contributed by atoms with E-state index in [0.29, 0.717) is 24.0 Å². The predicted molar refractivity (Wildman–Crippen MR) is 38.4 cm³/mol. The Morgan fingerprint density at radius 2 is 2.33 bits per heavy atom. The van der Waals surface area contributed by atoms with E-state index in [1.807, 2.05) is 0 Å². The summed E-state index contributed by atoms with van der Waals surface area (Å²) < 4.78 is 10.1. The molecule has 1 aliphatic heterocycles. The van der Waals surface area contributed by atoms with Gasteiger partial charge in [0.25, 0.3) is 0 Å². The largest absolute Gasteiger partial charge is 0.441 e. The van der Waals surface area contributed by atoms with Crippen molar-refractivity contribution >= 4 is 5.78 Å². The van der Waals surface area contributed by atoms with Gasteiger partial charge in [-0.15, -0.1) is 0 Å². The van der Waals surface area contributed by atoms with E-state index in [1.165, 1.54) is 0 Å². The molecule has 0 fully saturated rings. The highest BCUT2D eigenvalue weighted by atomic mass is 16.5. The van der Waals surface area contributed by atoms with Crippen molar-refractivity contribution < 1.29 is 13.9 Å². The van der Waals surface area contributed by atoms with E-state index in [4.69, 9.17) is 14.9 Å². The summed E-state index contributed by atoms with van der Waals surface area (Å²) in [5.74, 6) is 0.741. The molecule has 0 saturated heterocycles. The van der Waals surface area contributed by atoms with Gasteiger partial charge in [-0.3, -0.25) is 4.79 Å². The molecule has 1 aromatic rings. The second-order valence-corrected chi connectivity index (χ2v) is 2.50. The number of fused-ring (bicyclic) bond motifs is 1. The van der Waals surface area contributed by atoms with E-state index < -0.39 is 0 Å². The van der Waals surface area contributed by atoms with Gasteiger partial charge in [0, 0.05) is 0 Å². The van der Waals surface area contributed by atoms with Gasteiger partial charge < -0.3 is 14.9 Å². The lowest BCUT2D eigenvalue weighted by molar-refractivity contribution is 0.0608. The first kappa shape index (κ1) is 7.45. The highest BCUT2D eigenvalue weighted by Crippen LogP contribution is 2.16. The molecule has 0 unspecified atom stereocenters. The summed E-state index contributed by atoms with van der Waals surface area (Å²) in [4.78, 5) is 15.1. The maximum Gasteiger partial charge on any atom is 0.210 e. The Kier molecular flexibility index (Phi) is 1.67. The van der Waals surface area contributed by atoms with Gasteiger partial charge in [0.1, 0.15) is 13.2 Å². The molecule has 0 aliphatic carbocycles. The van der Waals surface area contributed by atoms with Gasteiger partial charge in [-0.1, -0.05) is 0 Å². The molecule has 0 atom stereocenters. The van der Waals surface area contributed by atoms with Crippen LogP contribution in [0.15, 0.2) is 4.42 Å². The Hall–Kier alpha value is -1.20. The number of aromatic nitrogens is 1. The number of carbonyl (C=O) groups excluding carboxylic acids is 1. The number of ketones is 1. The zero-order valence-corrected chi connectivity index (χ0v) is 6.37. The van der Waals surface area contributed by atoms with Gasteiger partial charge in [-0.25, -0.2) is 4.98 Å². The smallest absolute Gasteiger partial charge is 0.210 e. The van der Waals surface area contributed by atoms with Crippen LogP contribution in [-0.2, 0) is 17.9 Å². The maximum absolute atomic E-state index is 11.1. The standard InChI is InChI=1S/C7H8N2O3/c8-1-6-9-7-4(10)2-11-3-5(7)12-6/h1-3,8H2. The van der Waals surface area contributed by atoms with Crippen LogP contribution in [0.5, 0.6) is 0 Å². The summed E-state index contributed by atoms with van der Waals surface area (Å²) in [5, 5.41) is 0. The van der Waals surface area contributed by atoms with Crippen molar-refractivity contribution in [2.75, 3.05) is 6.61 Å². The molecule has 0 amide bonds. The number of Topliss-reactive ketones (excluding diaryl/α,β-unsaturated/α-hetero) is 1. The number of hydrogen-bond acceptors (Lipinski definition) is 5. The molecule has 64 valence electrons. The van der Waals surface area contributed by atoms with Gasteiger partial charge in [0.2, 0.25) is 11.7 Å². The molecule has 2 heterocycles. The summed E-state index contributed by atoms with van der Waals surface area (Å²) in [5.41, 5.74) is 5.68. The number of ether oxygens (including phenoxy) is 1. The van der Waals surface area contributed by atoms with E-state index >= 15 is 0 Å². The van der Waals surface area contributed by atoms with Gasteiger partial charge in [-0.2, -0.15) is 0 Å². The molecular formula is C7H8N2O3. The summed E-state index contributed by atoms with van der Waals surface area (Å²) in [6.45, 7) is 0.609. The van der Waals surface area contributed by atoms with Crippen molar-refractivity contribution in [1.82, 2.24) is 4.98 Å². The van der Waals surface area contributed by atoms with E-state index in [2.05, 4.69) is 4.98 Å². The third kappa shape index (κ3) is 1.03. The van der Waals surface area contributed by atoms with E-state index in [1.54, 1.807) is 0 Å². The number of nitrogens with two attached hydrogens (primary N) is 1. The molecule has 5 heteroatoms.